The summed E-state index contributed by atoms with van der Waals surface area (Å²) < 4.78 is 0. The van der Waals surface area contributed by atoms with Gasteiger partial charge in [0.25, 0.3) is 0 Å². The van der Waals surface area contributed by atoms with Gasteiger partial charge in [-0.05, 0) is 124 Å². The Bertz CT molecular complexity index is 727. The second-order valence-corrected chi connectivity index (χ2v) is 12.8. The number of fused-ring (bicyclic) bond motifs is 5. The molecule has 4 aliphatic carbocycles. The van der Waals surface area contributed by atoms with Crippen LogP contribution in [0.25, 0.3) is 0 Å². The predicted molar refractivity (Wildman–Crippen MR) is 133 cm³/mol. The summed E-state index contributed by atoms with van der Waals surface area (Å²) in [5, 5.41) is 10.5. The Kier molecular flexibility index (Phi) is 6.59. The molecule has 9 unspecified atom stereocenters. The van der Waals surface area contributed by atoms with Crippen molar-refractivity contribution in [2.75, 3.05) is 0 Å². The number of aliphatic hydroxyl groups excluding tert-OH is 1. The van der Waals surface area contributed by atoms with Gasteiger partial charge in [0.2, 0.25) is 0 Å². The predicted octanol–water partition coefficient (Wildman–Crippen LogP) is 8.34. The van der Waals surface area contributed by atoms with E-state index in [2.05, 4.69) is 54.5 Å². The fraction of sp³-hybridized carbons (Fsp3) is 0.867. The topological polar surface area (TPSA) is 20.2 Å². The van der Waals surface area contributed by atoms with Crippen molar-refractivity contribution in [2.45, 2.75) is 119 Å². The molecule has 0 heterocycles. The van der Waals surface area contributed by atoms with Crippen LogP contribution in [0.1, 0.15) is 113 Å². The van der Waals surface area contributed by atoms with Crippen LogP contribution >= 0.6 is 0 Å². The fourth-order valence-electron chi connectivity index (χ4n) is 9.30. The maximum Gasteiger partial charge on any atom is 0.0568 e. The molecular weight excluding hydrogens is 376 g/mol. The van der Waals surface area contributed by atoms with Gasteiger partial charge in [-0.1, -0.05) is 57.4 Å². The highest BCUT2D eigenvalue weighted by Gasteiger charge is 2.59. The van der Waals surface area contributed by atoms with Crippen LogP contribution in [0.2, 0.25) is 0 Å². The van der Waals surface area contributed by atoms with Crippen molar-refractivity contribution in [1.82, 2.24) is 0 Å². The lowest BCUT2D eigenvalue weighted by Crippen LogP contribution is -2.52. The molecule has 4 aliphatic rings. The molecule has 0 aromatic heterocycles. The van der Waals surface area contributed by atoms with Crippen LogP contribution in [-0.4, -0.2) is 11.2 Å². The molecule has 176 valence electrons. The Balaban J connectivity index is 1.52. The number of allylic oxidation sites excluding steroid dienone is 4. The van der Waals surface area contributed by atoms with E-state index in [9.17, 15) is 5.11 Å². The minimum absolute atomic E-state index is 0.0765. The smallest absolute Gasteiger partial charge is 0.0568 e. The van der Waals surface area contributed by atoms with E-state index < -0.39 is 0 Å². The van der Waals surface area contributed by atoms with E-state index >= 15 is 0 Å². The van der Waals surface area contributed by atoms with Gasteiger partial charge < -0.3 is 5.11 Å². The van der Waals surface area contributed by atoms with Crippen LogP contribution in [0.4, 0.5) is 0 Å². The van der Waals surface area contributed by atoms with E-state index in [0.29, 0.717) is 22.7 Å². The lowest BCUT2D eigenvalue weighted by molar-refractivity contribution is -0.0773. The Hall–Kier alpha value is -0.560. The minimum Gasteiger partial charge on any atom is -0.393 e. The van der Waals surface area contributed by atoms with Crippen molar-refractivity contribution in [3.63, 3.8) is 0 Å². The number of rotatable bonds is 5. The molecular formula is C30H50O. The molecule has 3 fully saturated rings. The molecule has 0 spiro atoms. The summed E-state index contributed by atoms with van der Waals surface area (Å²) in [5.41, 5.74) is 6.05. The van der Waals surface area contributed by atoms with E-state index in [4.69, 9.17) is 0 Å². The van der Waals surface area contributed by atoms with E-state index in [0.717, 1.165) is 30.1 Å². The van der Waals surface area contributed by atoms with Crippen LogP contribution in [0.5, 0.6) is 0 Å². The molecule has 31 heavy (non-hydrogen) atoms. The van der Waals surface area contributed by atoms with Crippen molar-refractivity contribution < 1.29 is 5.11 Å². The molecule has 1 heteroatoms. The van der Waals surface area contributed by atoms with Gasteiger partial charge in [-0.25, -0.2) is 0 Å². The summed E-state index contributed by atoms with van der Waals surface area (Å²) in [7, 11) is 0. The summed E-state index contributed by atoms with van der Waals surface area (Å²) in [6.45, 7) is 17.1. The van der Waals surface area contributed by atoms with E-state index in [-0.39, 0.29) is 6.10 Å². The molecule has 3 saturated carbocycles. The lowest BCUT2D eigenvalue weighted by Gasteiger charge is -2.59. The Morgan fingerprint density at radius 3 is 2.42 bits per heavy atom. The minimum atomic E-state index is -0.0765. The molecule has 0 radical (unpaired) electrons. The first kappa shape index (κ1) is 23.6. The van der Waals surface area contributed by atoms with Crippen LogP contribution in [-0.2, 0) is 0 Å². The molecule has 0 bridgehead atoms. The van der Waals surface area contributed by atoms with Gasteiger partial charge in [-0.2, -0.15) is 0 Å². The van der Waals surface area contributed by atoms with E-state index in [1.54, 1.807) is 11.1 Å². The summed E-state index contributed by atoms with van der Waals surface area (Å²) in [5.74, 6) is 4.49. The highest BCUT2D eigenvalue weighted by Crippen LogP contribution is 2.67. The van der Waals surface area contributed by atoms with E-state index in [1.807, 2.05) is 5.57 Å². The third-order valence-corrected chi connectivity index (χ3v) is 11.4. The molecule has 1 N–H and O–H groups in total. The Labute approximate surface area is 193 Å². The van der Waals surface area contributed by atoms with Gasteiger partial charge in [0, 0.05) is 0 Å². The van der Waals surface area contributed by atoms with Crippen molar-refractivity contribution in [3.8, 4) is 0 Å². The Morgan fingerprint density at radius 2 is 1.74 bits per heavy atom. The third kappa shape index (κ3) is 3.79. The number of aliphatic hydroxyl groups is 1. The van der Waals surface area contributed by atoms with E-state index in [1.165, 1.54) is 57.8 Å². The molecule has 4 rings (SSSR count). The second kappa shape index (κ2) is 8.66. The van der Waals surface area contributed by atoms with Gasteiger partial charge in [0.1, 0.15) is 0 Å². The summed E-state index contributed by atoms with van der Waals surface area (Å²) in [6, 6.07) is 0. The van der Waals surface area contributed by atoms with Gasteiger partial charge in [-0.3, -0.25) is 0 Å². The zero-order valence-electron chi connectivity index (χ0n) is 21.6. The number of hydrogen-bond donors (Lipinski definition) is 1. The third-order valence-electron chi connectivity index (χ3n) is 11.4. The maximum atomic E-state index is 10.5. The monoisotopic (exact) mass is 426 g/mol. The summed E-state index contributed by atoms with van der Waals surface area (Å²) >= 11 is 0. The first-order chi connectivity index (χ1) is 14.6. The van der Waals surface area contributed by atoms with Crippen LogP contribution in [0.15, 0.2) is 22.8 Å². The normalized spacial score (nSPS) is 45.2. The molecule has 0 aromatic carbocycles. The molecule has 0 amide bonds. The SMILES string of the molecule is CCC(CCC(C)C1CCC2C3=CCC4C(C)C(O)CCC4(C)C3CCC21C)=C(C)C. The van der Waals surface area contributed by atoms with Gasteiger partial charge in [0.15, 0.2) is 0 Å². The summed E-state index contributed by atoms with van der Waals surface area (Å²) in [4.78, 5) is 0. The van der Waals surface area contributed by atoms with Crippen molar-refractivity contribution in [1.29, 1.82) is 0 Å². The summed E-state index contributed by atoms with van der Waals surface area (Å²) in [6.07, 6.45) is 15.7. The zero-order chi connectivity index (χ0) is 22.6. The zero-order valence-corrected chi connectivity index (χ0v) is 21.6. The average Bonchev–Trinajstić information content (AvgIpc) is 3.08. The van der Waals surface area contributed by atoms with Crippen molar-refractivity contribution in [3.05, 3.63) is 22.8 Å². The average molecular weight is 427 g/mol. The van der Waals surface area contributed by atoms with Gasteiger partial charge >= 0.3 is 0 Å². The molecule has 1 nitrogen and oxygen atoms in total. The molecule has 0 aromatic rings. The van der Waals surface area contributed by atoms with Crippen molar-refractivity contribution >= 4 is 0 Å². The molecule has 0 aliphatic heterocycles. The fourth-order valence-corrected chi connectivity index (χ4v) is 9.30. The highest BCUT2D eigenvalue weighted by molar-refractivity contribution is 5.28. The van der Waals surface area contributed by atoms with Crippen molar-refractivity contribution in [2.24, 2.45) is 46.3 Å². The number of hydrogen-bond acceptors (Lipinski definition) is 1. The first-order valence-corrected chi connectivity index (χ1v) is 13.7. The second-order valence-electron chi connectivity index (χ2n) is 12.8. The standard InChI is InChI=1S/C30H50O/c1-8-22(19(2)3)10-9-20(4)24-13-14-26-23-11-12-25-21(5)28(31)16-18-30(25,7)27(23)15-17-29(24,26)6/h11,20-21,24-28,31H,8-10,12-18H2,1-7H3. The highest BCUT2D eigenvalue weighted by atomic mass is 16.3. The maximum absolute atomic E-state index is 10.5. The Morgan fingerprint density at radius 1 is 1.06 bits per heavy atom. The van der Waals surface area contributed by atoms with Gasteiger partial charge in [-0.15, -0.1) is 0 Å². The van der Waals surface area contributed by atoms with Crippen LogP contribution in [0.3, 0.4) is 0 Å². The van der Waals surface area contributed by atoms with Crippen LogP contribution in [0, 0.1) is 46.3 Å². The molecule has 0 saturated heterocycles. The molecule has 9 atom stereocenters. The largest absolute Gasteiger partial charge is 0.393 e. The van der Waals surface area contributed by atoms with Crippen LogP contribution < -0.4 is 0 Å². The van der Waals surface area contributed by atoms with Gasteiger partial charge in [0.05, 0.1) is 6.10 Å². The lowest BCUT2D eigenvalue weighted by atomic mass is 9.46. The first-order valence-electron chi connectivity index (χ1n) is 13.7. The quantitative estimate of drug-likeness (QED) is 0.438.